The number of anilines is 1. The maximum atomic E-state index is 9.06. The number of halogens is 1. The summed E-state index contributed by atoms with van der Waals surface area (Å²) in [6, 6.07) is 15.6. The van der Waals surface area contributed by atoms with E-state index < -0.39 is 0 Å². The first-order valence-corrected chi connectivity index (χ1v) is 6.82. The molecule has 0 amide bonds. The SMILES string of the molecule is N#Cc1ccc(Cl)cc1NCc1ccc(CCN)cc1. The van der Waals surface area contributed by atoms with Crippen molar-refractivity contribution >= 4 is 17.3 Å². The summed E-state index contributed by atoms with van der Waals surface area (Å²) in [6.07, 6.45) is 0.889. The summed E-state index contributed by atoms with van der Waals surface area (Å²) in [5.74, 6) is 0. The van der Waals surface area contributed by atoms with Crippen LogP contribution in [0.15, 0.2) is 42.5 Å². The fraction of sp³-hybridized carbons (Fsp3) is 0.188. The number of nitrogens with one attached hydrogen (secondary N) is 1. The van der Waals surface area contributed by atoms with Crippen molar-refractivity contribution in [2.45, 2.75) is 13.0 Å². The summed E-state index contributed by atoms with van der Waals surface area (Å²) < 4.78 is 0. The molecule has 0 unspecified atom stereocenters. The van der Waals surface area contributed by atoms with Crippen LogP contribution in [0.4, 0.5) is 5.69 Å². The Kier molecular flexibility index (Phi) is 5.00. The molecular formula is C16H16ClN3. The second kappa shape index (κ2) is 6.95. The lowest BCUT2D eigenvalue weighted by Gasteiger charge is -2.09. The molecule has 0 saturated heterocycles. The molecule has 0 aliphatic heterocycles. The zero-order valence-corrected chi connectivity index (χ0v) is 11.8. The Labute approximate surface area is 124 Å². The third-order valence-electron chi connectivity index (χ3n) is 3.04. The molecule has 0 saturated carbocycles. The van der Waals surface area contributed by atoms with Crippen molar-refractivity contribution in [2.75, 3.05) is 11.9 Å². The lowest BCUT2D eigenvalue weighted by atomic mass is 10.1. The molecular weight excluding hydrogens is 270 g/mol. The zero-order valence-electron chi connectivity index (χ0n) is 11.1. The molecule has 0 aliphatic carbocycles. The number of hydrogen-bond donors (Lipinski definition) is 2. The highest BCUT2D eigenvalue weighted by Crippen LogP contribution is 2.21. The monoisotopic (exact) mass is 285 g/mol. The molecule has 0 radical (unpaired) electrons. The number of nitriles is 1. The Balaban J connectivity index is 2.05. The molecule has 2 aromatic rings. The predicted molar refractivity (Wildman–Crippen MR) is 82.7 cm³/mol. The summed E-state index contributed by atoms with van der Waals surface area (Å²) in [5.41, 5.74) is 9.25. The first-order chi connectivity index (χ1) is 9.72. The fourth-order valence-electron chi connectivity index (χ4n) is 1.95. The van der Waals surface area contributed by atoms with E-state index in [1.54, 1.807) is 18.2 Å². The summed E-state index contributed by atoms with van der Waals surface area (Å²) in [4.78, 5) is 0. The van der Waals surface area contributed by atoms with E-state index in [-0.39, 0.29) is 0 Å². The van der Waals surface area contributed by atoms with Crippen LogP contribution >= 0.6 is 11.6 Å². The van der Waals surface area contributed by atoms with Gasteiger partial charge in [0.1, 0.15) is 6.07 Å². The van der Waals surface area contributed by atoms with Gasteiger partial charge in [-0.25, -0.2) is 0 Å². The number of nitrogens with two attached hydrogens (primary N) is 1. The third-order valence-corrected chi connectivity index (χ3v) is 3.28. The number of hydrogen-bond acceptors (Lipinski definition) is 3. The van der Waals surface area contributed by atoms with Gasteiger partial charge in [-0.05, 0) is 42.3 Å². The highest BCUT2D eigenvalue weighted by molar-refractivity contribution is 6.30. The van der Waals surface area contributed by atoms with E-state index in [1.165, 1.54) is 5.56 Å². The van der Waals surface area contributed by atoms with Crippen LogP contribution in [0.3, 0.4) is 0 Å². The van der Waals surface area contributed by atoms with Crippen molar-refractivity contribution < 1.29 is 0 Å². The molecule has 0 aliphatic rings. The smallest absolute Gasteiger partial charge is 0.101 e. The lowest BCUT2D eigenvalue weighted by Crippen LogP contribution is -2.04. The molecule has 3 nitrogen and oxygen atoms in total. The highest BCUT2D eigenvalue weighted by atomic mass is 35.5. The quantitative estimate of drug-likeness (QED) is 0.886. The summed E-state index contributed by atoms with van der Waals surface area (Å²) in [5, 5.41) is 12.9. The molecule has 0 fully saturated rings. The van der Waals surface area contributed by atoms with Crippen molar-refractivity contribution in [1.82, 2.24) is 0 Å². The van der Waals surface area contributed by atoms with Crippen LogP contribution < -0.4 is 11.1 Å². The van der Waals surface area contributed by atoms with Crippen LogP contribution in [0.25, 0.3) is 0 Å². The van der Waals surface area contributed by atoms with Gasteiger partial charge in [-0.1, -0.05) is 35.9 Å². The second-order valence-corrected chi connectivity index (χ2v) is 4.95. The first kappa shape index (κ1) is 14.4. The van der Waals surface area contributed by atoms with Gasteiger partial charge >= 0.3 is 0 Å². The van der Waals surface area contributed by atoms with Crippen LogP contribution in [0, 0.1) is 11.3 Å². The first-order valence-electron chi connectivity index (χ1n) is 6.44. The molecule has 0 aromatic heterocycles. The maximum absolute atomic E-state index is 9.06. The molecule has 2 aromatic carbocycles. The van der Waals surface area contributed by atoms with Crippen LogP contribution in [0.5, 0.6) is 0 Å². The summed E-state index contributed by atoms with van der Waals surface area (Å²) >= 11 is 5.95. The molecule has 20 heavy (non-hydrogen) atoms. The average molecular weight is 286 g/mol. The van der Waals surface area contributed by atoms with Crippen LogP contribution in [-0.2, 0) is 13.0 Å². The van der Waals surface area contributed by atoms with E-state index in [9.17, 15) is 0 Å². The Morgan fingerprint density at radius 1 is 1.10 bits per heavy atom. The minimum atomic E-state index is 0.592. The van der Waals surface area contributed by atoms with Gasteiger partial charge in [0.2, 0.25) is 0 Å². The molecule has 0 atom stereocenters. The highest BCUT2D eigenvalue weighted by Gasteiger charge is 2.03. The van der Waals surface area contributed by atoms with Crippen molar-refractivity contribution in [3.05, 3.63) is 64.2 Å². The van der Waals surface area contributed by atoms with Gasteiger partial charge in [-0.2, -0.15) is 5.26 Å². The Hall–Kier alpha value is -2.02. The Morgan fingerprint density at radius 3 is 2.45 bits per heavy atom. The van der Waals surface area contributed by atoms with Crippen LogP contribution in [0.2, 0.25) is 5.02 Å². The summed E-state index contributed by atoms with van der Waals surface area (Å²) in [6.45, 7) is 1.31. The molecule has 2 rings (SSSR count). The fourth-order valence-corrected chi connectivity index (χ4v) is 2.12. The van der Waals surface area contributed by atoms with E-state index in [0.717, 1.165) is 17.7 Å². The molecule has 0 spiro atoms. The van der Waals surface area contributed by atoms with Gasteiger partial charge in [0, 0.05) is 11.6 Å². The zero-order chi connectivity index (χ0) is 14.4. The molecule has 4 heteroatoms. The molecule has 0 bridgehead atoms. The summed E-state index contributed by atoms with van der Waals surface area (Å²) in [7, 11) is 0. The number of nitrogens with zero attached hydrogens (tertiary/aromatic N) is 1. The van der Waals surface area contributed by atoms with E-state index in [2.05, 4.69) is 35.7 Å². The average Bonchev–Trinajstić information content (AvgIpc) is 2.47. The van der Waals surface area contributed by atoms with Crippen LogP contribution in [0.1, 0.15) is 16.7 Å². The molecule has 0 heterocycles. The minimum Gasteiger partial charge on any atom is -0.380 e. The van der Waals surface area contributed by atoms with Gasteiger partial charge in [-0.3, -0.25) is 0 Å². The van der Waals surface area contributed by atoms with E-state index in [4.69, 9.17) is 22.6 Å². The Morgan fingerprint density at radius 2 is 1.80 bits per heavy atom. The van der Waals surface area contributed by atoms with Crippen LogP contribution in [-0.4, -0.2) is 6.54 Å². The normalized spacial score (nSPS) is 10.1. The lowest BCUT2D eigenvalue weighted by molar-refractivity contribution is 0.966. The van der Waals surface area contributed by atoms with Gasteiger partial charge in [0.15, 0.2) is 0 Å². The maximum Gasteiger partial charge on any atom is 0.101 e. The minimum absolute atomic E-state index is 0.592. The van der Waals surface area contributed by atoms with Gasteiger partial charge < -0.3 is 11.1 Å². The third kappa shape index (κ3) is 3.74. The van der Waals surface area contributed by atoms with E-state index in [1.807, 2.05) is 0 Å². The standard InChI is InChI=1S/C16H16ClN3/c17-15-6-5-14(10-19)16(9-15)20-11-13-3-1-12(2-4-13)7-8-18/h1-6,9,20H,7-8,11,18H2. The van der Waals surface area contributed by atoms with Crippen molar-refractivity contribution in [3.8, 4) is 6.07 Å². The molecule has 102 valence electrons. The second-order valence-electron chi connectivity index (χ2n) is 4.51. The number of benzene rings is 2. The van der Waals surface area contributed by atoms with E-state index >= 15 is 0 Å². The van der Waals surface area contributed by atoms with Gasteiger partial charge in [0.05, 0.1) is 11.3 Å². The largest absolute Gasteiger partial charge is 0.380 e. The van der Waals surface area contributed by atoms with Gasteiger partial charge in [-0.15, -0.1) is 0 Å². The molecule has 3 N–H and O–H groups in total. The van der Waals surface area contributed by atoms with Crippen molar-refractivity contribution in [3.63, 3.8) is 0 Å². The van der Waals surface area contributed by atoms with E-state index in [0.29, 0.717) is 23.7 Å². The van der Waals surface area contributed by atoms with Crippen molar-refractivity contribution in [2.24, 2.45) is 5.73 Å². The predicted octanol–water partition coefficient (Wildman–Crippen LogP) is 3.32. The number of rotatable bonds is 5. The Bertz CT molecular complexity index is 615. The van der Waals surface area contributed by atoms with Crippen molar-refractivity contribution in [1.29, 1.82) is 5.26 Å². The topological polar surface area (TPSA) is 61.8 Å². The van der Waals surface area contributed by atoms with Gasteiger partial charge in [0.25, 0.3) is 0 Å².